The SMILES string of the molecule is Cc1cc(C)cc(OCCNC(=O)CN(c2ccc(F)cc2)S(=O)(=O)c2ccccc2)c1. The summed E-state index contributed by atoms with van der Waals surface area (Å²) in [6.07, 6.45) is 0. The summed E-state index contributed by atoms with van der Waals surface area (Å²) in [6.45, 7) is 3.93. The van der Waals surface area contributed by atoms with Gasteiger partial charge in [-0.1, -0.05) is 24.3 Å². The van der Waals surface area contributed by atoms with Crippen LogP contribution >= 0.6 is 0 Å². The first-order valence-electron chi connectivity index (χ1n) is 10.1. The molecule has 0 radical (unpaired) electrons. The highest BCUT2D eigenvalue weighted by Crippen LogP contribution is 2.23. The van der Waals surface area contributed by atoms with E-state index in [4.69, 9.17) is 4.74 Å². The molecule has 0 aliphatic heterocycles. The fourth-order valence-corrected chi connectivity index (χ4v) is 4.65. The molecule has 1 N–H and O–H groups in total. The Kier molecular flexibility index (Phi) is 7.48. The predicted molar refractivity (Wildman–Crippen MR) is 122 cm³/mol. The molecule has 8 heteroatoms. The lowest BCUT2D eigenvalue weighted by atomic mass is 10.1. The number of anilines is 1. The molecule has 1 amide bonds. The van der Waals surface area contributed by atoms with E-state index in [1.807, 2.05) is 32.0 Å². The van der Waals surface area contributed by atoms with E-state index in [0.717, 1.165) is 27.6 Å². The monoisotopic (exact) mass is 456 g/mol. The summed E-state index contributed by atoms with van der Waals surface area (Å²) in [7, 11) is -4.03. The summed E-state index contributed by atoms with van der Waals surface area (Å²) in [4.78, 5) is 12.6. The lowest BCUT2D eigenvalue weighted by Gasteiger charge is -2.24. The van der Waals surface area contributed by atoms with Gasteiger partial charge in [0, 0.05) is 0 Å². The zero-order valence-electron chi connectivity index (χ0n) is 17.9. The van der Waals surface area contributed by atoms with Gasteiger partial charge in [0.2, 0.25) is 5.91 Å². The predicted octanol–water partition coefficient (Wildman–Crippen LogP) is 3.83. The fourth-order valence-electron chi connectivity index (χ4n) is 3.20. The van der Waals surface area contributed by atoms with Crippen LogP contribution in [-0.4, -0.2) is 34.0 Å². The Morgan fingerprint density at radius 2 is 1.59 bits per heavy atom. The largest absolute Gasteiger partial charge is 0.492 e. The molecule has 0 heterocycles. The van der Waals surface area contributed by atoms with Gasteiger partial charge < -0.3 is 10.1 Å². The standard InChI is InChI=1S/C24H25FN2O4S/c1-18-14-19(2)16-22(15-18)31-13-12-26-24(28)17-27(21-10-8-20(25)9-11-21)32(29,30)23-6-4-3-5-7-23/h3-11,14-16H,12-13,17H2,1-2H3,(H,26,28). The first-order valence-corrected chi connectivity index (χ1v) is 11.5. The molecule has 0 saturated carbocycles. The van der Waals surface area contributed by atoms with Gasteiger partial charge in [0.05, 0.1) is 17.1 Å². The van der Waals surface area contributed by atoms with E-state index in [9.17, 15) is 17.6 Å². The van der Waals surface area contributed by atoms with Crippen LogP contribution in [0, 0.1) is 19.7 Å². The van der Waals surface area contributed by atoms with Gasteiger partial charge in [0.25, 0.3) is 10.0 Å². The Morgan fingerprint density at radius 3 is 2.22 bits per heavy atom. The topological polar surface area (TPSA) is 75.7 Å². The van der Waals surface area contributed by atoms with Gasteiger partial charge in [-0.3, -0.25) is 9.10 Å². The van der Waals surface area contributed by atoms with Crippen LogP contribution in [0.5, 0.6) is 5.75 Å². The van der Waals surface area contributed by atoms with Crippen molar-refractivity contribution in [2.75, 3.05) is 24.0 Å². The van der Waals surface area contributed by atoms with E-state index >= 15 is 0 Å². The van der Waals surface area contributed by atoms with Crippen molar-refractivity contribution < 1.29 is 22.3 Å². The van der Waals surface area contributed by atoms with E-state index in [0.29, 0.717) is 5.75 Å². The molecule has 0 saturated heterocycles. The lowest BCUT2D eigenvalue weighted by Crippen LogP contribution is -2.41. The van der Waals surface area contributed by atoms with Crippen LogP contribution in [0.2, 0.25) is 0 Å². The number of carbonyl (C=O) groups is 1. The second-order valence-corrected chi connectivity index (χ2v) is 9.19. The number of aryl methyl sites for hydroxylation is 2. The summed E-state index contributed by atoms with van der Waals surface area (Å²) in [5, 5.41) is 2.67. The highest BCUT2D eigenvalue weighted by molar-refractivity contribution is 7.92. The molecular formula is C24H25FN2O4S. The average molecular weight is 457 g/mol. The van der Waals surface area contributed by atoms with E-state index in [1.54, 1.807) is 18.2 Å². The number of hydrogen-bond acceptors (Lipinski definition) is 4. The van der Waals surface area contributed by atoms with E-state index < -0.39 is 28.3 Å². The zero-order valence-corrected chi connectivity index (χ0v) is 18.7. The van der Waals surface area contributed by atoms with Crippen LogP contribution in [0.3, 0.4) is 0 Å². The van der Waals surface area contributed by atoms with Crippen LogP contribution in [0.15, 0.2) is 77.7 Å². The number of sulfonamides is 1. The van der Waals surface area contributed by atoms with Crippen LogP contribution < -0.4 is 14.4 Å². The number of hydrogen-bond donors (Lipinski definition) is 1. The van der Waals surface area contributed by atoms with Crippen molar-refractivity contribution in [3.63, 3.8) is 0 Å². The second kappa shape index (κ2) is 10.3. The lowest BCUT2D eigenvalue weighted by molar-refractivity contribution is -0.119. The average Bonchev–Trinajstić information content (AvgIpc) is 2.76. The molecule has 168 valence electrons. The number of benzene rings is 3. The Hall–Kier alpha value is -3.39. The number of halogens is 1. The fraction of sp³-hybridized carbons (Fsp3) is 0.208. The Balaban J connectivity index is 1.68. The van der Waals surface area contributed by atoms with Gasteiger partial charge in [0.15, 0.2) is 0 Å². The first kappa shape index (κ1) is 23.3. The summed E-state index contributed by atoms with van der Waals surface area (Å²) < 4.78 is 46.3. The number of ether oxygens (including phenoxy) is 1. The van der Waals surface area contributed by atoms with Crippen molar-refractivity contribution in [1.29, 1.82) is 0 Å². The highest BCUT2D eigenvalue weighted by Gasteiger charge is 2.27. The number of nitrogens with one attached hydrogen (secondary N) is 1. The number of rotatable bonds is 9. The van der Waals surface area contributed by atoms with Gasteiger partial charge in [-0.15, -0.1) is 0 Å². The maximum atomic E-state index is 13.4. The van der Waals surface area contributed by atoms with Gasteiger partial charge >= 0.3 is 0 Å². The molecule has 0 unspecified atom stereocenters. The molecule has 0 fully saturated rings. The molecule has 6 nitrogen and oxygen atoms in total. The Bertz CT molecular complexity index is 1150. The normalized spacial score (nSPS) is 11.1. The molecule has 32 heavy (non-hydrogen) atoms. The van der Waals surface area contributed by atoms with Crippen molar-refractivity contribution in [2.45, 2.75) is 18.7 Å². The molecule has 3 aromatic rings. The molecule has 3 rings (SSSR count). The van der Waals surface area contributed by atoms with Crippen LogP contribution in [0.25, 0.3) is 0 Å². The van der Waals surface area contributed by atoms with Gasteiger partial charge in [-0.05, 0) is 73.5 Å². The smallest absolute Gasteiger partial charge is 0.264 e. The van der Waals surface area contributed by atoms with Gasteiger partial charge in [-0.25, -0.2) is 12.8 Å². The van der Waals surface area contributed by atoms with Gasteiger partial charge in [0.1, 0.15) is 24.7 Å². The van der Waals surface area contributed by atoms with E-state index in [-0.39, 0.29) is 23.7 Å². The molecule has 0 aliphatic rings. The quantitative estimate of drug-likeness (QED) is 0.497. The van der Waals surface area contributed by atoms with Crippen molar-refractivity contribution in [3.8, 4) is 5.75 Å². The maximum absolute atomic E-state index is 13.4. The molecule has 0 aliphatic carbocycles. The van der Waals surface area contributed by atoms with Crippen molar-refractivity contribution in [1.82, 2.24) is 5.32 Å². The van der Waals surface area contributed by atoms with Crippen LogP contribution in [0.1, 0.15) is 11.1 Å². The molecular weight excluding hydrogens is 431 g/mol. The van der Waals surface area contributed by atoms with Crippen molar-refractivity contribution in [2.24, 2.45) is 0 Å². The Morgan fingerprint density at radius 1 is 0.969 bits per heavy atom. The molecule has 0 spiro atoms. The minimum atomic E-state index is -4.03. The number of amides is 1. The third-order valence-electron chi connectivity index (χ3n) is 4.62. The summed E-state index contributed by atoms with van der Waals surface area (Å²) in [5.74, 6) is -0.298. The first-order chi connectivity index (χ1) is 15.3. The maximum Gasteiger partial charge on any atom is 0.264 e. The minimum absolute atomic E-state index is 0.0373. The van der Waals surface area contributed by atoms with Crippen molar-refractivity contribution in [3.05, 3.63) is 89.7 Å². The summed E-state index contributed by atoms with van der Waals surface area (Å²) in [5.41, 5.74) is 2.34. The number of carbonyl (C=O) groups excluding carboxylic acids is 1. The molecule has 3 aromatic carbocycles. The van der Waals surface area contributed by atoms with E-state index in [1.165, 1.54) is 24.3 Å². The zero-order chi connectivity index (χ0) is 23.1. The van der Waals surface area contributed by atoms with Crippen LogP contribution in [0.4, 0.5) is 10.1 Å². The highest BCUT2D eigenvalue weighted by atomic mass is 32.2. The van der Waals surface area contributed by atoms with Crippen LogP contribution in [-0.2, 0) is 14.8 Å². The number of nitrogens with zero attached hydrogens (tertiary/aromatic N) is 1. The minimum Gasteiger partial charge on any atom is -0.492 e. The molecule has 0 bridgehead atoms. The Labute approximate surface area is 187 Å². The summed E-state index contributed by atoms with van der Waals surface area (Å²) in [6, 6.07) is 18.6. The second-order valence-electron chi connectivity index (χ2n) is 7.32. The van der Waals surface area contributed by atoms with Gasteiger partial charge in [-0.2, -0.15) is 0 Å². The third-order valence-corrected chi connectivity index (χ3v) is 6.41. The van der Waals surface area contributed by atoms with E-state index in [2.05, 4.69) is 5.32 Å². The summed E-state index contributed by atoms with van der Waals surface area (Å²) >= 11 is 0. The molecule has 0 atom stereocenters. The van der Waals surface area contributed by atoms with Crippen molar-refractivity contribution >= 4 is 21.6 Å². The molecule has 0 aromatic heterocycles. The third kappa shape index (κ3) is 6.07.